The van der Waals surface area contributed by atoms with Crippen LogP contribution in [0.25, 0.3) is 0 Å². The summed E-state index contributed by atoms with van der Waals surface area (Å²) in [5, 5.41) is 0. The molecule has 124 valence electrons. The quantitative estimate of drug-likeness (QED) is 0.853. The van der Waals surface area contributed by atoms with E-state index in [4.69, 9.17) is 4.98 Å². The highest BCUT2D eigenvalue weighted by Crippen LogP contribution is 2.34. The summed E-state index contributed by atoms with van der Waals surface area (Å²) in [6.07, 6.45) is 5.64. The van der Waals surface area contributed by atoms with Crippen LogP contribution in [0.15, 0.2) is 0 Å². The summed E-state index contributed by atoms with van der Waals surface area (Å²) in [7, 11) is -3.13. The number of imidazole rings is 1. The third-order valence-corrected chi connectivity index (χ3v) is 5.70. The molecule has 0 amide bonds. The maximum atomic E-state index is 11.8. The first kappa shape index (κ1) is 16.0. The Balaban J connectivity index is 1.93. The van der Waals surface area contributed by atoms with Gasteiger partial charge in [-0.3, -0.25) is 0 Å². The molecule has 1 aromatic heterocycles. The van der Waals surface area contributed by atoms with Crippen molar-refractivity contribution in [2.45, 2.75) is 59.5 Å². The van der Waals surface area contributed by atoms with Crippen LogP contribution >= 0.6 is 0 Å². The lowest BCUT2D eigenvalue weighted by Crippen LogP contribution is -2.35. The Labute approximate surface area is 133 Å². The zero-order chi connectivity index (χ0) is 16.1. The van der Waals surface area contributed by atoms with Crippen molar-refractivity contribution in [3.05, 3.63) is 17.2 Å². The standard InChI is InChI=1S/C16H27N3O2S/c1-16(2,3)9-15-17-13-11-18(22(4,20)21)8-7-14(13)19(15)10-12-5-6-12/h12H,5-11H2,1-4H3. The minimum Gasteiger partial charge on any atom is -0.331 e. The highest BCUT2D eigenvalue weighted by molar-refractivity contribution is 7.88. The molecule has 3 rings (SSSR count). The smallest absolute Gasteiger partial charge is 0.211 e. The Kier molecular flexibility index (Phi) is 3.88. The topological polar surface area (TPSA) is 55.2 Å². The van der Waals surface area contributed by atoms with E-state index in [1.807, 2.05) is 0 Å². The van der Waals surface area contributed by atoms with Crippen molar-refractivity contribution in [3.8, 4) is 0 Å². The maximum Gasteiger partial charge on any atom is 0.211 e. The summed E-state index contributed by atoms with van der Waals surface area (Å²) < 4.78 is 27.5. The predicted octanol–water partition coefficient (Wildman–Crippen LogP) is 2.20. The predicted molar refractivity (Wildman–Crippen MR) is 87.1 cm³/mol. The molecule has 2 heterocycles. The fourth-order valence-electron chi connectivity index (χ4n) is 3.14. The molecule has 1 aliphatic heterocycles. The number of hydrogen-bond acceptors (Lipinski definition) is 3. The lowest BCUT2D eigenvalue weighted by atomic mass is 9.92. The summed E-state index contributed by atoms with van der Waals surface area (Å²) in [5.74, 6) is 1.93. The van der Waals surface area contributed by atoms with Gasteiger partial charge >= 0.3 is 0 Å². The van der Waals surface area contributed by atoms with Crippen LogP contribution < -0.4 is 0 Å². The van der Waals surface area contributed by atoms with Crippen molar-refractivity contribution >= 4 is 10.0 Å². The minimum atomic E-state index is -3.13. The van der Waals surface area contributed by atoms with Gasteiger partial charge in [0, 0.05) is 31.6 Å². The average Bonchev–Trinajstić information content (AvgIpc) is 3.11. The van der Waals surface area contributed by atoms with Gasteiger partial charge in [0.05, 0.1) is 18.5 Å². The third kappa shape index (κ3) is 3.54. The van der Waals surface area contributed by atoms with Gasteiger partial charge in [-0.25, -0.2) is 13.4 Å². The van der Waals surface area contributed by atoms with Crippen molar-refractivity contribution in [1.82, 2.24) is 13.9 Å². The highest BCUT2D eigenvalue weighted by Gasteiger charge is 2.31. The lowest BCUT2D eigenvalue weighted by Gasteiger charge is -2.25. The van der Waals surface area contributed by atoms with Gasteiger partial charge in [-0.05, 0) is 24.2 Å². The molecule has 0 saturated heterocycles. The van der Waals surface area contributed by atoms with Gasteiger partial charge in [0.15, 0.2) is 0 Å². The van der Waals surface area contributed by atoms with E-state index in [0.717, 1.165) is 36.8 Å². The second-order valence-electron chi connectivity index (χ2n) is 8.06. The first-order chi connectivity index (χ1) is 10.1. The normalized spacial score (nSPS) is 20.2. The van der Waals surface area contributed by atoms with Crippen LogP contribution in [0.5, 0.6) is 0 Å². The zero-order valence-corrected chi connectivity index (χ0v) is 14.9. The highest BCUT2D eigenvalue weighted by atomic mass is 32.2. The van der Waals surface area contributed by atoms with Crippen LogP contribution in [0.1, 0.15) is 50.8 Å². The summed E-state index contributed by atoms with van der Waals surface area (Å²) in [5.41, 5.74) is 2.42. The molecule has 1 saturated carbocycles. The number of hydrogen-bond donors (Lipinski definition) is 0. The van der Waals surface area contributed by atoms with Gasteiger partial charge in [0.2, 0.25) is 10.0 Å². The molecule has 1 aliphatic carbocycles. The minimum absolute atomic E-state index is 0.186. The molecular weight excluding hydrogens is 298 g/mol. The van der Waals surface area contributed by atoms with Gasteiger partial charge < -0.3 is 4.57 Å². The summed E-state index contributed by atoms with van der Waals surface area (Å²) in [4.78, 5) is 4.84. The Hall–Kier alpha value is -0.880. The van der Waals surface area contributed by atoms with E-state index in [-0.39, 0.29) is 5.41 Å². The fourth-order valence-corrected chi connectivity index (χ4v) is 3.92. The fraction of sp³-hybridized carbons (Fsp3) is 0.812. The summed E-state index contributed by atoms with van der Waals surface area (Å²) in [6, 6.07) is 0. The van der Waals surface area contributed by atoms with E-state index in [0.29, 0.717) is 13.1 Å². The second-order valence-corrected chi connectivity index (χ2v) is 10.0. The monoisotopic (exact) mass is 325 g/mol. The number of fused-ring (bicyclic) bond motifs is 1. The number of rotatable bonds is 4. The Bertz CT molecular complexity index is 666. The molecule has 6 heteroatoms. The van der Waals surface area contributed by atoms with E-state index in [1.54, 1.807) is 4.31 Å². The van der Waals surface area contributed by atoms with E-state index < -0.39 is 10.0 Å². The molecule has 0 aromatic carbocycles. The molecule has 22 heavy (non-hydrogen) atoms. The van der Waals surface area contributed by atoms with Crippen LogP contribution in [0.2, 0.25) is 0 Å². The number of nitrogens with zero attached hydrogens (tertiary/aromatic N) is 3. The largest absolute Gasteiger partial charge is 0.331 e. The number of aromatic nitrogens is 2. The molecule has 0 atom stereocenters. The molecule has 0 unspecified atom stereocenters. The zero-order valence-electron chi connectivity index (χ0n) is 14.1. The molecule has 0 bridgehead atoms. The van der Waals surface area contributed by atoms with Crippen LogP contribution in [0.3, 0.4) is 0 Å². The Morgan fingerprint density at radius 2 is 1.95 bits per heavy atom. The first-order valence-electron chi connectivity index (χ1n) is 8.16. The first-order valence-corrected chi connectivity index (χ1v) is 10.0. The SMILES string of the molecule is CC(C)(C)Cc1nc2c(n1CC1CC1)CCN(S(C)(=O)=O)C2. The molecule has 0 radical (unpaired) electrons. The van der Waals surface area contributed by atoms with Crippen molar-refractivity contribution in [1.29, 1.82) is 0 Å². The van der Waals surface area contributed by atoms with Crippen LogP contribution in [0.4, 0.5) is 0 Å². The molecule has 0 N–H and O–H groups in total. The number of sulfonamides is 1. The Morgan fingerprint density at radius 3 is 2.50 bits per heavy atom. The molecule has 5 nitrogen and oxygen atoms in total. The third-order valence-electron chi connectivity index (χ3n) is 4.45. The van der Waals surface area contributed by atoms with Crippen LogP contribution in [-0.4, -0.2) is 35.1 Å². The van der Waals surface area contributed by atoms with Crippen molar-refractivity contribution in [2.75, 3.05) is 12.8 Å². The van der Waals surface area contributed by atoms with Gasteiger partial charge in [-0.1, -0.05) is 20.8 Å². The molecule has 1 fully saturated rings. The average molecular weight is 325 g/mol. The summed E-state index contributed by atoms with van der Waals surface area (Å²) >= 11 is 0. The maximum absolute atomic E-state index is 11.8. The van der Waals surface area contributed by atoms with Crippen molar-refractivity contribution < 1.29 is 8.42 Å². The molecule has 0 spiro atoms. The molecule has 1 aromatic rings. The molecule has 2 aliphatic rings. The van der Waals surface area contributed by atoms with E-state index in [1.165, 1.54) is 24.8 Å². The van der Waals surface area contributed by atoms with Crippen molar-refractivity contribution in [3.63, 3.8) is 0 Å². The van der Waals surface area contributed by atoms with Gasteiger partial charge in [0.25, 0.3) is 0 Å². The van der Waals surface area contributed by atoms with Crippen LogP contribution in [-0.2, 0) is 36.0 Å². The summed E-state index contributed by atoms with van der Waals surface area (Å²) in [6.45, 7) is 8.76. The van der Waals surface area contributed by atoms with Gasteiger partial charge in [0.1, 0.15) is 5.82 Å². The second kappa shape index (κ2) is 5.34. The van der Waals surface area contributed by atoms with Crippen LogP contribution in [0, 0.1) is 11.3 Å². The van der Waals surface area contributed by atoms with Crippen molar-refractivity contribution in [2.24, 2.45) is 11.3 Å². The van der Waals surface area contributed by atoms with E-state index in [2.05, 4.69) is 25.3 Å². The Morgan fingerprint density at radius 1 is 1.27 bits per heavy atom. The van der Waals surface area contributed by atoms with E-state index >= 15 is 0 Å². The van der Waals surface area contributed by atoms with Gasteiger partial charge in [-0.15, -0.1) is 0 Å². The van der Waals surface area contributed by atoms with Gasteiger partial charge in [-0.2, -0.15) is 4.31 Å². The molecular formula is C16H27N3O2S. The van der Waals surface area contributed by atoms with E-state index in [9.17, 15) is 8.42 Å². The lowest BCUT2D eigenvalue weighted by molar-refractivity contribution is 0.380.